The van der Waals surface area contributed by atoms with Crippen molar-refractivity contribution in [3.63, 3.8) is 0 Å². The van der Waals surface area contributed by atoms with Crippen LogP contribution in [0.2, 0.25) is 0 Å². The molecule has 4 rings (SSSR count). The molecule has 2 aromatic rings. The molecule has 0 saturated carbocycles. The summed E-state index contributed by atoms with van der Waals surface area (Å²) >= 11 is 3.61. The van der Waals surface area contributed by atoms with E-state index >= 15 is 0 Å². The lowest BCUT2D eigenvalue weighted by Gasteiger charge is -2.33. The zero-order valence-electron chi connectivity index (χ0n) is 18.3. The molecule has 4 heterocycles. The minimum absolute atomic E-state index is 0.0454. The number of aliphatic hydroxyl groups excluding tert-OH is 1. The van der Waals surface area contributed by atoms with Crippen molar-refractivity contribution in [2.75, 3.05) is 18.8 Å². The molecule has 2 aliphatic rings. The number of nitrogens with two attached hydrogens (primary N) is 2. The monoisotopic (exact) mass is 515 g/mol. The summed E-state index contributed by atoms with van der Waals surface area (Å²) in [6, 6.07) is 0. The third-order valence-corrected chi connectivity index (χ3v) is 6.76. The number of nitrogens with zero attached hydrogens (tertiary/aromatic N) is 4. The molecule has 1 amide bonds. The van der Waals surface area contributed by atoms with Crippen LogP contribution in [0.1, 0.15) is 36.9 Å². The molecule has 174 valence electrons. The number of rotatable bonds is 6. The highest BCUT2D eigenvalue weighted by molar-refractivity contribution is 9.10. The van der Waals surface area contributed by atoms with Crippen molar-refractivity contribution in [2.24, 2.45) is 0 Å². The van der Waals surface area contributed by atoms with Gasteiger partial charge in [-0.05, 0) is 47.8 Å². The largest absolute Gasteiger partial charge is 0.384 e. The van der Waals surface area contributed by atoms with E-state index in [1.807, 2.05) is 29.9 Å². The van der Waals surface area contributed by atoms with Gasteiger partial charge in [0.1, 0.15) is 11.9 Å². The smallest absolute Gasteiger partial charge is 0.251 e. The molecule has 2 atom stereocenters. The first-order valence-corrected chi connectivity index (χ1v) is 11.6. The highest BCUT2D eigenvalue weighted by Gasteiger charge is 2.29. The summed E-state index contributed by atoms with van der Waals surface area (Å²) in [5.74, 6) is 0.391. The normalized spacial score (nSPS) is 20.2. The molecule has 0 aliphatic carbocycles. The number of anilines is 1. The van der Waals surface area contributed by atoms with Crippen LogP contribution in [0.25, 0.3) is 11.2 Å². The van der Waals surface area contributed by atoms with Crippen molar-refractivity contribution in [3.8, 4) is 0 Å². The average Bonchev–Trinajstić information content (AvgIpc) is 3.26. The van der Waals surface area contributed by atoms with E-state index in [1.54, 1.807) is 21.7 Å². The van der Waals surface area contributed by atoms with Gasteiger partial charge in [-0.3, -0.25) is 10.1 Å². The van der Waals surface area contributed by atoms with Crippen LogP contribution in [0.15, 0.2) is 41.3 Å². The van der Waals surface area contributed by atoms with E-state index in [2.05, 4.69) is 26.3 Å². The Bertz CT molecular complexity index is 1140. The first kappa shape index (κ1) is 23.1. The zero-order valence-corrected chi connectivity index (χ0v) is 19.9. The van der Waals surface area contributed by atoms with Crippen LogP contribution in [0.3, 0.4) is 0 Å². The standard InChI is InChI=1S/C22H27BrN8O2/c1-13(32)22(33)30-9-5-14(6-10-30)19-18(23)20(25)31-21(29-19)16(12-28-31)15-3-4-17(27-11-15)26-8-2-7-24/h2-4,7-8,11-14,17,24,26-27,32H,5-6,9-10,25H2,1H3/p+1/b8-2-,24-7?/t13-,17?/m1/s1. The summed E-state index contributed by atoms with van der Waals surface area (Å²) in [5.41, 5.74) is 9.76. The number of nitrogen functional groups attached to an aromatic ring is 1. The maximum Gasteiger partial charge on any atom is 0.251 e. The average molecular weight is 516 g/mol. The molecule has 7 N–H and O–H groups in total. The molecule has 0 bridgehead atoms. The molecule has 2 aliphatic heterocycles. The summed E-state index contributed by atoms with van der Waals surface area (Å²) in [6.45, 7) is 2.64. The van der Waals surface area contributed by atoms with Crippen LogP contribution in [0.5, 0.6) is 0 Å². The number of likely N-dealkylation sites (tertiary alicyclic amines) is 1. The maximum atomic E-state index is 12.1. The topological polar surface area (TPSA) is 149 Å². The quantitative estimate of drug-likeness (QED) is 0.357. The minimum Gasteiger partial charge on any atom is -0.384 e. The van der Waals surface area contributed by atoms with Gasteiger partial charge in [-0.1, -0.05) is 0 Å². The molecule has 11 heteroatoms. The van der Waals surface area contributed by atoms with Gasteiger partial charge in [0.15, 0.2) is 11.8 Å². The molecule has 10 nitrogen and oxygen atoms in total. The zero-order chi connectivity index (χ0) is 23.5. The SMILES string of the molecule is C[C@@H](O)C(=O)N1CCC(c2nc3c(C4=CNC([NH2+]/C=C\C=N)C=C4)cnn3c(N)c2Br)CC1. The van der Waals surface area contributed by atoms with Crippen LogP contribution in [-0.4, -0.2) is 62.1 Å². The predicted molar refractivity (Wildman–Crippen MR) is 129 cm³/mol. The van der Waals surface area contributed by atoms with E-state index in [4.69, 9.17) is 16.1 Å². The molecule has 1 fully saturated rings. The van der Waals surface area contributed by atoms with E-state index < -0.39 is 6.10 Å². The van der Waals surface area contributed by atoms with Gasteiger partial charge >= 0.3 is 0 Å². The Labute approximate surface area is 199 Å². The van der Waals surface area contributed by atoms with Gasteiger partial charge in [0.25, 0.3) is 5.91 Å². The van der Waals surface area contributed by atoms with Gasteiger partial charge in [0, 0.05) is 48.6 Å². The van der Waals surface area contributed by atoms with E-state index in [-0.39, 0.29) is 18.0 Å². The van der Waals surface area contributed by atoms with Crippen LogP contribution >= 0.6 is 15.9 Å². The minimum atomic E-state index is -0.984. The highest BCUT2D eigenvalue weighted by atomic mass is 79.9. The molecule has 0 spiro atoms. The van der Waals surface area contributed by atoms with Crippen molar-refractivity contribution < 1.29 is 15.2 Å². The third kappa shape index (κ3) is 4.70. The fourth-order valence-electron chi connectivity index (χ4n) is 4.15. The number of carbonyl (C=O) groups is 1. The molecule has 33 heavy (non-hydrogen) atoms. The Morgan fingerprint density at radius 3 is 2.85 bits per heavy atom. The first-order chi connectivity index (χ1) is 15.9. The number of hydrogen-bond acceptors (Lipinski definition) is 7. The lowest BCUT2D eigenvalue weighted by molar-refractivity contribution is -0.619. The van der Waals surface area contributed by atoms with Gasteiger partial charge in [-0.25, -0.2) is 4.98 Å². The molecular weight excluding hydrogens is 488 g/mol. The molecule has 2 aromatic heterocycles. The van der Waals surface area contributed by atoms with E-state index in [0.717, 1.165) is 34.1 Å². The van der Waals surface area contributed by atoms with Crippen molar-refractivity contribution in [1.82, 2.24) is 24.8 Å². The van der Waals surface area contributed by atoms with Gasteiger partial charge in [0.05, 0.1) is 22.6 Å². The number of carbonyl (C=O) groups excluding carboxylic acids is 1. The number of allylic oxidation sites excluding steroid dienone is 3. The lowest BCUT2D eigenvalue weighted by Crippen LogP contribution is -2.87. The lowest BCUT2D eigenvalue weighted by atomic mass is 9.92. The summed E-state index contributed by atoms with van der Waals surface area (Å²) in [4.78, 5) is 18.8. The summed E-state index contributed by atoms with van der Waals surface area (Å²) in [6.07, 6.45) is 13.0. The van der Waals surface area contributed by atoms with E-state index in [0.29, 0.717) is 24.6 Å². The second-order valence-electron chi connectivity index (χ2n) is 8.16. The Balaban J connectivity index is 1.58. The Morgan fingerprint density at radius 2 is 2.21 bits per heavy atom. The van der Waals surface area contributed by atoms with Crippen LogP contribution in [0.4, 0.5) is 5.82 Å². The number of nitrogens with one attached hydrogen (secondary N) is 2. The number of hydrogen-bond donors (Lipinski definition) is 5. The molecule has 1 unspecified atom stereocenters. The molecule has 0 aromatic carbocycles. The fraction of sp³-hybridized carbons (Fsp3) is 0.364. The number of dihydropyridines is 1. The Hall–Kier alpha value is -3.02. The summed E-state index contributed by atoms with van der Waals surface area (Å²) in [7, 11) is 0. The summed E-state index contributed by atoms with van der Waals surface area (Å²) in [5, 5.41) is 26.4. The number of amides is 1. The van der Waals surface area contributed by atoms with Crippen molar-refractivity contribution in [1.29, 1.82) is 5.41 Å². The number of halogens is 1. The van der Waals surface area contributed by atoms with Crippen LogP contribution in [0, 0.1) is 5.41 Å². The van der Waals surface area contributed by atoms with Crippen molar-refractivity contribution in [2.45, 2.75) is 38.0 Å². The van der Waals surface area contributed by atoms with Crippen molar-refractivity contribution >= 4 is 45.1 Å². The van der Waals surface area contributed by atoms with E-state index in [9.17, 15) is 9.90 Å². The van der Waals surface area contributed by atoms with Gasteiger partial charge in [-0.2, -0.15) is 9.61 Å². The first-order valence-electron chi connectivity index (χ1n) is 10.9. The second kappa shape index (κ2) is 9.86. The van der Waals surface area contributed by atoms with Gasteiger partial charge < -0.3 is 26.5 Å². The van der Waals surface area contributed by atoms with Crippen LogP contribution < -0.4 is 16.4 Å². The van der Waals surface area contributed by atoms with Gasteiger partial charge in [-0.15, -0.1) is 0 Å². The van der Waals surface area contributed by atoms with Crippen LogP contribution in [-0.2, 0) is 4.79 Å². The maximum absolute atomic E-state index is 12.1. The van der Waals surface area contributed by atoms with Gasteiger partial charge in [0.2, 0.25) is 0 Å². The fourth-order valence-corrected chi connectivity index (χ4v) is 4.73. The number of aliphatic hydroxyl groups is 1. The van der Waals surface area contributed by atoms with E-state index in [1.165, 1.54) is 13.1 Å². The van der Waals surface area contributed by atoms with Crippen molar-refractivity contribution in [3.05, 3.63) is 52.6 Å². The number of aromatic nitrogens is 3. The number of quaternary nitrogens is 1. The molecule has 0 radical (unpaired) electrons. The second-order valence-corrected chi connectivity index (χ2v) is 8.95. The number of fused-ring (bicyclic) bond motifs is 1. The summed E-state index contributed by atoms with van der Waals surface area (Å²) < 4.78 is 2.36. The molecule has 1 saturated heterocycles. The molecular formula is C22H28BrN8O2+. The highest BCUT2D eigenvalue weighted by Crippen LogP contribution is 2.36. The Morgan fingerprint density at radius 1 is 1.45 bits per heavy atom. The number of piperidine rings is 1. The Kier molecular flexibility index (Phi) is 6.91. The third-order valence-electron chi connectivity index (χ3n) is 5.95. The predicted octanol–water partition coefficient (Wildman–Crippen LogP) is 0.714.